The summed E-state index contributed by atoms with van der Waals surface area (Å²) in [6.45, 7) is 7.22. The fraction of sp³-hybridized carbons (Fsp3) is 0.273. The summed E-state index contributed by atoms with van der Waals surface area (Å²) in [7, 11) is -4.27. The standard InChI is InChI=1S/C11H14O4S/c1-8(2)7-15-10-6-4-5-9(3)11(10)16(12,13)14/h4-6H,1,7H2,2-3H3,(H,12,13,14). The van der Waals surface area contributed by atoms with E-state index >= 15 is 0 Å². The maximum Gasteiger partial charge on any atom is 0.298 e. The van der Waals surface area contributed by atoms with Crippen molar-refractivity contribution in [2.24, 2.45) is 0 Å². The van der Waals surface area contributed by atoms with Crippen molar-refractivity contribution in [2.75, 3.05) is 6.61 Å². The number of ether oxygens (including phenoxy) is 1. The van der Waals surface area contributed by atoms with Crippen molar-refractivity contribution in [1.29, 1.82) is 0 Å². The molecule has 16 heavy (non-hydrogen) atoms. The van der Waals surface area contributed by atoms with E-state index in [1.54, 1.807) is 26.0 Å². The molecular weight excluding hydrogens is 228 g/mol. The average molecular weight is 242 g/mol. The van der Waals surface area contributed by atoms with E-state index in [1.165, 1.54) is 6.07 Å². The lowest BCUT2D eigenvalue weighted by atomic mass is 10.2. The molecular formula is C11H14O4S. The smallest absolute Gasteiger partial charge is 0.298 e. The Hall–Kier alpha value is -1.33. The van der Waals surface area contributed by atoms with E-state index in [4.69, 9.17) is 9.29 Å². The largest absolute Gasteiger partial charge is 0.488 e. The molecule has 0 unspecified atom stereocenters. The van der Waals surface area contributed by atoms with Crippen LogP contribution in [-0.4, -0.2) is 19.6 Å². The quantitative estimate of drug-likeness (QED) is 0.649. The molecule has 0 aliphatic carbocycles. The molecule has 5 heteroatoms. The molecule has 0 atom stereocenters. The lowest BCUT2D eigenvalue weighted by Gasteiger charge is -2.11. The van der Waals surface area contributed by atoms with Gasteiger partial charge in [-0.2, -0.15) is 8.42 Å². The molecule has 1 N–H and O–H groups in total. The SMILES string of the molecule is C=C(C)COc1cccc(C)c1S(=O)(=O)O. The first-order valence-electron chi connectivity index (χ1n) is 4.66. The van der Waals surface area contributed by atoms with Gasteiger partial charge in [0, 0.05) is 0 Å². The van der Waals surface area contributed by atoms with Gasteiger partial charge < -0.3 is 4.74 Å². The van der Waals surface area contributed by atoms with Crippen molar-refractivity contribution in [3.63, 3.8) is 0 Å². The van der Waals surface area contributed by atoms with Gasteiger partial charge in [-0.05, 0) is 31.1 Å². The van der Waals surface area contributed by atoms with Gasteiger partial charge in [0.05, 0.1) is 0 Å². The Bertz CT molecular complexity index is 503. The number of hydrogen-bond acceptors (Lipinski definition) is 3. The normalized spacial score (nSPS) is 11.2. The van der Waals surface area contributed by atoms with Crippen LogP contribution in [0, 0.1) is 6.92 Å². The Labute approximate surface area is 95.3 Å². The summed E-state index contributed by atoms with van der Waals surface area (Å²) in [5.74, 6) is 0.144. The van der Waals surface area contributed by atoms with Gasteiger partial charge in [-0.25, -0.2) is 0 Å². The third kappa shape index (κ3) is 3.08. The van der Waals surface area contributed by atoms with Crippen LogP contribution in [0.15, 0.2) is 35.2 Å². The second kappa shape index (κ2) is 4.67. The molecule has 88 valence electrons. The van der Waals surface area contributed by atoms with E-state index in [-0.39, 0.29) is 17.3 Å². The Kier molecular flexibility index (Phi) is 3.72. The molecule has 0 spiro atoms. The molecule has 0 aliphatic heterocycles. The zero-order valence-electron chi connectivity index (χ0n) is 9.23. The van der Waals surface area contributed by atoms with Crippen LogP contribution in [0.25, 0.3) is 0 Å². The van der Waals surface area contributed by atoms with Gasteiger partial charge in [-0.3, -0.25) is 4.55 Å². The van der Waals surface area contributed by atoms with Crippen LogP contribution in [0.2, 0.25) is 0 Å². The first kappa shape index (κ1) is 12.7. The average Bonchev–Trinajstić information content (AvgIpc) is 2.12. The Morgan fingerprint density at radius 2 is 2.12 bits per heavy atom. The van der Waals surface area contributed by atoms with E-state index in [0.717, 1.165) is 5.57 Å². The second-order valence-electron chi connectivity index (χ2n) is 3.62. The Morgan fingerprint density at radius 3 is 2.62 bits per heavy atom. The zero-order chi connectivity index (χ0) is 12.3. The van der Waals surface area contributed by atoms with Crippen LogP contribution in [0.4, 0.5) is 0 Å². The number of hydrogen-bond donors (Lipinski definition) is 1. The highest BCUT2D eigenvalue weighted by molar-refractivity contribution is 7.86. The number of rotatable bonds is 4. The lowest BCUT2D eigenvalue weighted by Crippen LogP contribution is -2.07. The fourth-order valence-electron chi connectivity index (χ4n) is 1.27. The topological polar surface area (TPSA) is 63.6 Å². The van der Waals surface area contributed by atoms with Gasteiger partial charge in [0.1, 0.15) is 17.3 Å². The van der Waals surface area contributed by atoms with Crippen molar-refractivity contribution in [3.8, 4) is 5.75 Å². The van der Waals surface area contributed by atoms with Crippen LogP contribution >= 0.6 is 0 Å². The summed E-state index contributed by atoms with van der Waals surface area (Å²) in [5.41, 5.74) is 1.21. The maximum atomic E-state index is 11.2. The van der Waals surface area contributed by atoms with Crippen molar-refractivity contribution < 1.29 is 17.7 Å². The molecule has 0 aliphatic rings. The van der Waals surface area contributed by atoms with E-state index in [1.807, 2.05) is 0 Å². The molecule has 4 nitrogen and oxygen atoms in total. The van der Waals surface area contributed by atoms with Crippen molar-refractivity contribution in [2.45, 2.75) is 18.7 Å². The van der Waals surface area contributed by atoms with Gasteiger partial charge in [0.2, 0.25) is 0 Å². The van der Waals surface area contributed by atoms with Crippen molar-refractivity contribution >= 4 is 10.1 Å². The van der Waals surface area contributed by atoms with Crippen molar-refractivity contribution in [3.05, 3.63) is 35.9 Å². The predicted octanol–water partition coefficient (Wildman–Crippen LogP) is 2.20. The molecule has 0 fully saturated rings. The summed E-state index contributed by atoms with van der Waals surface area (Å²) in [6.07, 6.45) is 0. The minimum absolute atomic E-state index is 0.144. The monoisotopic (exact) mass is 242 g/mol. The second-order valence-corrected chi connectivity index (χ2v) is 4.98. The maximum absolute atomic E-state index is 11.2. The van der Waals surface area contributed by atoms with E-state index < -0.39 is 10.1 Å². The summed E-state index contributed by atoms with van der Waals surface area (Å²) < 4.78 is 36.7. The van der Waals surface area contributed by atoms with Gasteiger partial charge in [-0.1, -0.05) is 18.7 Å². The molecule has 0 heterocycles. The predicted molar refractivity (Wildman–Crippen MR) is 61.3 cm³/mol. The Morgan fingerprint density at radius 1 is 1.50 bits per heavy atom. The number of aryl methyl sites for hydroxylation is 1. The van der Waals surface area contributed by atoms with Crippen LogP contribution < -0.4 is 4.74 Å². The van der Waals surface area contributed by atoms with Crippen LogP contribution in [0.5, 0.6) is 5.75 Å². The highest BCUT2D eigenvalue weighted by Gasteiger charge is 2.19. The fourth-order valence-corrected chi connectivity index (χ4v) is 2.13. The molecule has 1 aromatic carbocycles. The molecule has 0 saturated carbocycles. The highest BCUT2D eigenvalue weighted by atomic mass is 32.2. The summed E-state index contributed by atoms with van der Waals surface area (Å²) in [6, 6.07) is 4.76. The van der Waals surface area contributed by atoms with Crippen LogP contribution in [-0.2, 0) is 10.1 Å². The summed E-state index contributed by atoms with van der Waals surface area (Å²) in [5, 5.41) is 0. The summed E-state index contributed by atoms with van der Waals surface area (Å²) >= 11 is 0. The minimum atomic E-state index is -4.27. The molecule has 0 amide bonds. The van der Waals surface area contributed by atoms with Gasteiger partial charge in [0.15, 0.2) is 0 Å². The van der Waals surface area contributed by atoms with E-state index in [0.29, 0.717) is 5.56 Å². The Balaban J connectivity index is 3.19. The molecule has 1 rings (SSSR count). The van der Waals surface area contributed by atoms with Gasteiger partial charge in [0.25, 0.3) is 10.1 Å². The number of benzene rings is 1. The molecule has 0 aromatic heterocycles. The molecule has 0 bridgehead atoms. The highest BCUT2D eigenvalue weighted by Crippen LogP contribution is 2.27. The van der Waals surface area contributed by atoms with E-state index in [9.17, 15) is 8.42 Å². The van der Waals surface area contributed by atoms with E-state index in [2.05, 4.69) is 6.58 Å². The lowest BCUT2D eigenvalue weighted by molar-refractivity contribution is 0.340. The molecule has 0 radical (unpaired) electrons. The van der Waals surface area contributed by atoms with Gasteiger partial charge in [-0.15, -0.1) is 0 Å². The van der Waals surface area contributed by atoms with Crippen molar-refractivity contribution in [1.82, 2.24) is 0 Å². The first-order chi connectivity index (χ1) is 7.32. The van der Waals surface area contributed by atoms with Crippen LogP contribution in [0.1, 0.15) is 12.5 Å². The summed E-state index contributed by atoms with van der Waals surface area (Å²) in [4.78, 5) is -0.184. The molecule has 1 aromatic rings. The third-order valence-corrected chi connectivity index (χ3v) is 2.95. The van der Waals surface area contributed by atoms with Crippen LogP contribution in [0.3, 0.4) is 0 Å². The minimum Gasteiger partial charge on any atom is -0.488 e. The molecule has 0 saturated heterocycles. The zero-order valence-corrected chi connectivity index (χ0v) is 10.0. The third-order valence-electron chi connectivity index (χ3n) is 1.91. The van der Waals surface area contributed by atoms with Gasteiger partial charge >= 0.3 is 0 Å². The first-order valence-corrected chi connectivity index (χ1v) is 6.10.